The van der Waals surface area contributed by atoms with Gasteiger partial charge < -0.3 is 9.30 Å². The minimum absolute atomic E-state index is 0.138. The Morgan fingerprint density at radius 1 is 1.00 bits per heavy atom. The number of esters is 1. The highest BCUT2D eigenvalue weighted by Gasteiger charge is 2.38. The Labute approximate surface area is 156 Å². The van der Waals surface area contributed by atoms with Crippen LogP contribution in [0.4, 0.5) is 0 Å². The molecule has 2 aromatic carbocycles. The van der Waals surface area contributed by atoms with Crippen molar-refractivity contribution in [3.05, 3.63) is 71.4 Å². The molecule has 0 saturated heterocycles. The summed E-state index contributed by atoms with van der Waals surface area (Å²) < 4.78 is 7.35. The maximum absolute atomic E-state index is 12.4. The van der Waals surface area contributed by atoms with Crippen LogP contribution in [0.25, 0.3) is 10.9 Å². The minimum Gasteiger partial charge on any atom is -0.404 e. The van der Waals surface area contributed by atoms with Crippen LogP contribution in [0.5, 0.6) is 0 Å². The molecular weight excluding hydrogens is 342 g/mol. The molecule has 1 aromatic heterocycles. The van der Waals surface area contributed by atoms with Crippen molar-refractivity contribution < 1.29 is 14.3 Å². The van der Waals surface area contributed by atoms with Gasteiger partial charge in [-0.1, -0.05) is 48.5 Å². The van der Waals surface area contributed by atoms with Gasteiger partial charge in [0.15, 0.2) is 0 Å². The second-order valence-corrected chi connectivity index (χ2v) is 6.51. The number of para-hydroxylation sites is 1. The van der Waals surface area contributed by atoms with E-state index in [0.29, 0.717) is 5.69 Å². The maximum Gasteiger partial charge on any atom is 0.309 e. The molecule has 0 bridgehead atoms. The van der Waals surface area contributed by atoms with Gasteiger partial charge in [0.25, 0.3) is 5.90 Å². The molecular formula is C21H19N3O3. The van der Waals surface area contributed by atoms with Crippen LogP contribution < -0.4 is 0 Å². The first-order valence-electron chi connectivity index (χ1n) is 8.68. The molecule has 0 spiro atoms. The molecule has 1 atom stereocenters. The van der Waals surface area contributed by atoms with Gasteiger partial charge in [-0.15, -0.1) is 5.10 Å². The topological polar surface area (TPSA) is 63.9 Å². The van der Waals surface area contributed by atoms with E-state index >= 15 is 0 Å². The number of benzene rings is 2. The smallest absolute Gasteiger partial charge is 0.309 e. The molecule has 0 N–H and O–H groups in total. The van der Waals surface area contributed by atoms with Crippen LogP contribution in [0.3, 0.4) is 0 Å². The van der Waals surface area contributed by atoms with E-state index in [2.05, 4.69) is 5.10 Å². The fourth-order valence-corrected chi connectivity index (χ4v) is 3.68. The number of nitrogens with zero attached hydrogens (tertiary/aromatic N) is 3. The molecule has 1 aliphatic rings. The van der Waals surface area contributed by atoms with Gasteiger partial charge in [-0.25, -0.2) is 5.01 Å². The third-order valence-corrected chi connectivity index (χ3v) is 4.74. The number of amides is 1. The van der Waals surface area contributed by atoms with Gasteiger partial charge in [0.1, 0.15) is 11.7 Å². The normalized spacial score (nSPS) is 16.0. The summed E-state index contributed by atoms with van der Waals surface area (Å²) in [4.78, 5) is 24.1. The van der Waals surface area contributed by atoms with E-state index in [1.165, 1.54) is 18.9 Å². The molecule has 1 unspecified atom stereocenters. The van der Waals surface area contributed by atoms with Crippen molar-refractivity contribution in [2.45, 2.75) is 19.9 Å². The molecule has 1 amide bonds. The molecule has 27 heavy (non-hydrogen) atoms. The van der Waals surface area contributed by atoms with Gasteiger partial charge >= 0.3 is 5.97 Å². The van der Waals surface area contributed by atoms with Gasteiger partial charge in [0, 0.05) is 37.4 Å². The quantitative estimate of drug-likeness (QED) is 0.625. The maximum atomic E-state index is 12.4. The first-order chi connectivity index (χ1) is 13.0. The zero-order valence-electron chi connectivity index (χ0n) is 15.3. The van der Waals surface area contributed by atoms with Crippen molar-refractivity contribution in [2.75, 3.05) is 0 Å². The van der Waals surface area contributed by atoms with Gasteiger partial charge in [0.2, 0.25) is 5.91 Å². The van der Waals surface area contributed by atoms with E-state index in [1.54, 1.807) is 0 Å². The highest BCUT2D eigenvalue weighted by Crippen LogP contribution is 2.41. The van der Waals surface area contributed by atoms with Crippen LogP contribution in [0.1, 0.15) is 36.7 Å². The number of fused-ring (bicyclic) bond motifs is 3. The van der Waals surface area contributed by atoms with Crippen molar-refractivity contribution in [1.82, 2.24) is 9.58 Å². The Hall–Kier alpha value is -3.41. The summed E-state index contributed by atoms with van der Waals surface area (Å²) in [6.07, 6.45) is 0. The number of hydrazone groups is 1. The lowest BCUT2D eigenvalue weighted by Gasteiger charge is -2.32. The van der Waals surface area contributed by atoms with Crippen LogP contribution >= 0.6 is 0 Å². The van der Waals surface area contributed by atoms with Gasteiger partial charge in [-0.2, -0.15) is 0 Å². The second kappa shape index (κ2) is 6.39. The van der Waals surface area contributed by atoms with Crippen LogP contribution in [-0.2, 0) is 21.4 Å². The average molecular weight is 361 g/mol. The predicted molar refractivity (Wildman–Crippen MR) is 102 cm³/mol. The molecule has 0 fully saturated rings. The average Bonchev–Trinajstić information content (AvgIpc) is 2.95. The molecule has 3 aromatic rings. The van der Waals surface area contributed by atoms with Crippen molar-refractivity contribution >= 4 is 28.7 Å². The molecule has 2 heterocycles. The monoisotopic (exact) mass is 361 g/mol. The number of ether oxygens (including phenoxy) is 1. The van der Waals surface area contributed by atoms with E-state index in [4.69, 9.17) is 4.74 Å². The van der Waals surface area contributed by atoms with Crippen LogP contribution in [0, 0.1) is 0 Å². The van der Waals surface area contributed by atoms with Crippen molar-refractivity contribution in [3.8, 4) is 0 Å². The molecule has 1 aliphatic heterocycles. The Kier molecular flexibility index (Phi) is 4.03. The van der Waals surface area contributed by atoms with E-state index in [1.807, 2.05) is 66.2 Å². The molecule has 6 heteroatoms. The third-order valence-electron chi connectivity index (χ3n) is 4.74. The Morgan fingerprint density at radius 3 is 2.33 bits per heavy atom. The largest absolute Gasteiger partial charge is 0.404 e. The van der Waals surface area contributed by atoms with Crippen LogP contribution in [0.2, 0.25) is 0 Å². The number of aryl methyl sites for hydroxylation is 1. The van der Waals surface area contributed by atoms with Gasteiger partial charge in [-0.3, -0.25) is 9.59 Å². The number of hydrogen-bond donors (Lipinski definition) is 0. The fraction of sp³-hybridized carbons (Fsp3) is 0.190. The second-order valence-electron chi connectivity index (χ2n) is 6.51. The van der Waals surface area contributed by atoms with E-state index in [0.717, 1.165) is 22.0 Å². The highest BCUT2D eigenvalue weighted by atomic mass is 16.5. The summed E-state index contributed by atoms with van der Waals surface area (Å²) in [5.41, 5.74) is 3.53. The summed E-state index contributed by atoms with van der Waals surface area (Å²) >= 11 is 0. The van der Waals surface area contributed by atoms with Crippen LogP contribution in [-0.4, -0.2) is 27.4 Å². The molecule has 4 rings (SSSR count). The van der Waals surface area contributed by atoms with E-state index < -0.39 is 12.0 Å². The number of aromatic nitrogens is 1. The zero-order chi connectivity index (χ0) is 19.1. The summed E-state index contributed by atoms with van der Waals surface area (Å²) in [5.74, 6) is -0.572. The van der Waals surface area contributed by atoms with Crippen molar-refractivity contribution in [3.63, 3.8) is 0 Å². The van der Waals surface area contributed by atoms with Crippen molar-refractivity contribution in [2.24, 2.45) is 12.1 Å². The molecule has 0 radical (unpaired) electrons. The first kappa shape index (κ1) is 17.0. The summed E-state index contributed by atoms with van der Waals surface area (Å²) in [5, 5.41) is 6.80. The summed E-state index contributed by atoms with van der Waals surface area (Å²) in [6, 6.07) is 17.3. The lowest BCUT2D eigenvalue weighted by molar-refractivity contribution is -0.135. The van der Waals surface area contributed by atoms with E-state index in [9.17, 15) is 9.59 Å². The Morgan fingerprint density at radius 2 is 1.67 bits per heavy atom. The highest BCUT2D eigenvalue weighted by molar-refractivity contribution is 6.07. The predicted octanol–water partition coefficient (Wildman–Crippen LogP) is 3.35. The third kappa shape index (κ3) is 2.70. The number of carbonyl (C=O) groups is 2. The molecule has 0 aliphatic carbocycles. The molecule has 6 nitrogen and oxygen atoms in total. The zero-order valence-corrected chi connectivity index (χ0v) is 15.3. The van der Waals surface area contributed by atoms with Gasteiger partial charge in [-0.05, 0) is 11.6 Å². The van der Waals surface area contributed by atoms with Crippen LogP contribution in [0.15, 0.2) is 59.7 Å². The molecule has 0 saturated carbocycles. The number of rotatable bonds is 1. The summed E-state index contributed by atoms with van der Waals surface area (Å²) in [6.45, 7) is 2.78. The lowest BCUT2D eigenvalue weighted by atomic mass is 9.94. The Balaban J connectivity index is 2.07. The first-order valence-corrected chi connectivity index (χ1v) is 8.68. The number of carbonyl (C=O) groups excluding carboxylic acids is 2. The fourth-order valence-electron chi connectivity index (χ4n) is 3.68. The standard InChI is InChI=1S/C21H19N3O3/c1-13(25)24-19(15-9-5-4-6-10-15)18-16-11-7-8-12-17(16)23(3)20(18)21(22-24)27-14(2)26/h4-12,19H,1-3H3. The SMILES string of the molecule is CC(=O)OC1=NN(C(C)=O)C(c2ccccc2)c2c1n(C)c1ccccc21. The Bertz CT molecular complexity index is 1080. The van der Waals surface area contributed by atoms with E-state index in [-0.39, 0.29) is 11.8 Å². The van der Waals surface area contributed by atoms with Crippen molar-refractivity contribution in [1.29, 1.82) is 0 Å². The number of hydrogen-bond acceptors (Lipinski definition) is 4. The lowest BCUT2D eigenvalue weighted by Crippen LogP contribution is -2.36. The molecule has 136 valence electrons. The van der Waals surface area contributed by atoms with Gasteiger partial charge in [0.05, 0.1) is 0 Å². The summed E-state index contributed by atoms with van der Waals surface area (Å²) in [7, 11) is 1.91. The minimum atomic E-state index is -0.480.